The zero-order valence-corrected chi connectivity index (χ0v) is 21.6. The second-order valence-corrected chi connectivity index (χ2v) is 11.8. The lowest BCUT2D eigenvalue weighted by molar-refractivity contribution is -0.205. The highest BCUT2D eigenvalue weighted by atomic mass is 35.5. The van der Waals surface area contributed by atoms with Crippen molar-refractivity contribution in [1.82, 2.24) is 10.6 Å². The number of aliphatic hydroxyl groups is 3. The topological polar surface area (TPSA) is 111 Å². The molecule has 9 atom stereocenters. The van der Waals surface area contributed by atoms with Gasteiger partial charge in [0.05, 0.1) is 17.5 Å². The van der Waals surface area contributed by atoms with Crippen LogP contribution in [0, 0.1) is 11.8 Å². The molecule has 0 aromatic heterocycles. The van der Waals surface area contributed by atoms with Crippen LogP contribution in [-0.2, 0) is 9.53 Å². The van der Waals surface area contributed by atoms with Crippen molar-refractivity contribution in [2.75, 3.05) is 12.8 Å². The van der Waals surface area contributed by atoms with E-state index in [1.54, 1.807) is 13.2 Å². The van der Waals surface area contributed by atoms with E-state index in [2.05, 4.69) is 10.6 Å². The van der Waals surface area contributed by atoms with Crippen LogP contribution in [-0.4, -0.2) is 81.3 Å². The molecular weight excluding hydrogens is 464 g/mol. The summed E-state index contributed by atoms with van der Waals surface area (Å²) < 4.78 is 5.86. The van der Waals surface area contributed by atoms with Crippen LogP contribution in [0.4, 0.5) is 0 Å². The lowest BCUT2D eigenvalue weighted by Gasteiger charge is -2.44. The average molecular weight is 507 g/mol. The third kappa shape index (κ3) is 7.45. The van der Waals surface area contributed by atoms with Gasteiger partial charge in [-0.2, -0.15) is 0 Å². The van der Waals surface area contributed by atoms with Crippen LogP contribution in [0.15, 0.2) is 0 Å². The van der Waals surface area contributed by atoms with Crippen molar-refractivity contribution in [3.05, 3.63) is 0 Å². The summed E-state index contributed by atoms with van der Waals surface area (Å²) in [7, 11) is 0. The van der Waals surface area contributed by atoms with Crippen LogP contribution >= 0.6 is 23.4 Å². The van der Waals surface area contributed by atoms with Gasteiger partial charge in [-0.3, -0.25) is 4.79 Å². The van der Waals surface area contributed by atoms with Gasteiger partial charge in [-0.25, -0.2) is 0 Å². The minimum atomic E-state index is -1.36. The summed E-state index contributed by atoms with van der Waals surface area (Å²) in [6.07, 6.45) is 9.30. The van der Waals surface area contributed by atoms with Crippen LogP contribution in [0.25, 0.3) is 0 Å². The quantitative estimate of drug-likeness (QED) is 0.321. The molecule has 1 saturated carbocycles. The molecule has 0 aromatic carbocycles. The molecule has 0 bridgehead atoms. The Balaban J connectivity index is 1.53. The third-order valence-electron chi connectivity index (χ3n) is 7.83. The molecule has 0 radical (unpaired) electrons. The maximum absolute atomic E-state index is 13.1. The second kappa shape index (κ2) is 13.3. The first kappa shape index (κ1) is 27.5. The number of hydrogen-bond acceptors (Lipinski definition) is 7. The summed E-state index contributed by atoms with van der Waals surface area (Å²) in [6.45, 7) is 2.55. The Morgan fingerprint density at radius 3 is 2.33 bits per heavy atom. The van der Waals surface area contributed by atoms with E-state index in [-0.39, 0.29) is 11.9 Å². The Morgan fingerprint density at radius 2 is 1.70 bits per heavy atom. The fourth-order valence-electron chi connectivity index (χ4n) is 5.66. The number of nitrogens with one attached hydrogen (secondary N) is 2. The number of thioether (sulfide) groups is 1. The molecule has 2 saturated heterocycles. The second-order valence-electron chi connectivity index (χ2n) is 10.2. The van der Waals surface area contributed by atoms with Crippen molar-refractivity contribution in [2.24, 2.45) is 11.8 Å². The van der Waals surface area contributed by atoms with Gasteiger partial charge in [-0.15, -0.1) is 23.4 Å². The molecule has 7 nitrogen and oxygen atoms in total. The smallest absolute Gasteiger partial charge is 0.237 e. The minimum Gasteiger partial charge on any atom is -0.388 e. The van der Waals surface area contributed by atoms with E-state index in [0.717, 1.165) is 31.7 Å². The van der Waals surface area contributed by atoms with Gasteiger partial charge in [-0.1, -0.05) is 44.9 Å². The van der Waals surface area contributed by atoms with E-state index >= 15 is 0 Å². The summed E-state index contributed by atoms with van der Waals surface area (Å²) in [6, 6.07) is -1.01. The standard InChI is InChI=1S/C24H43ClN2O5S/c1-14(25)18(22-20(29)19(28)21(30)24(32-22)33-2)27-23(31)17-11-10-16(12-13-26-17)9-8-15-6-4-3-5-7-15/h14-22,24,26,28-30H,3-13H2,1-2H3,(H,27,31)/t14-,16-,17-,18+,19?,20?,21+,22+,24?/m0/s1. The maximum Gasteiger partial charge on any atom is 0.237 e. The van der Waals surface area contributed by atoms with Crippen LogP contribution in [0.3, 0.4) is 0 Å². The van der Waals surface area contributed by atoms with E-state index in [4.69, 9.17) is 16.3 Å². The molecule has 3 rings (SSSR count). The van der Waals surface area contributed by atoms with Crippen molar-refractivity contribution in [1.29, 1.82) is 0 Å². The number of rotatable bonds is 8. The summed E-state index contributed by atoms with van der Waals surface area (Å²) in [5, 5.41) is 36.8. The van der Waals surface area contributed by atoms with Gasteiger partial charge in [0.15, 0.2) is 0 Å². The highest BCUT2D eigenvalue weighted by Gasteiger charge is 2.48. The molecule has 0 aromatic rings. The van der Waals surface area contributed by atoms with E-state index in [9.17, 15) is 20.1 Å². The number of aliphatic hydroxyl groups excluding tert-OH is 3. The van der Waals surface area contributed by atoms with Crippen molar-refractivity contribution in [3.63, 3.8) is 0 Å². The van der Waals surface area contributed by atoms with Crippen molar-refractivity contribution in [3.8, 4) is 0 Å². The molecule has 3 unspecified atom stereocenters. The Kier molecular flexibility index (Phi) is 11.1. The van der Waals surface area contributed by atoms with E-state index < -0.39 is 41.3 Å². The van der Waals surface area contributed by atoms with Crippen molar-refractivity contribution >= 4 is 29.3 Å². The molecule has 9 heteroatoms. The fraction of sp³-hybridized carbons (Fsp3) is 0.958. The first-order chi connectivity index (χ1) is 15.8. The van der Waals surface area contributed by atoms with Gasteiger partial charge in [0.1, 0.15) is 29.9 Å². The number of ether oxygens (including phenoxy) is 1. The molecule has 3 fully saturated rings. The Bertz CT molecular complexity index is 607. The predicted molar refractivity (Wildman–Crippen MR) is 132 cm³/mol. The maximum atomic E-state index is 13.1. The summed E-state index contributed by atoms with van der Waals surface area (Å²) in [5.74, 6) is 1.39. The number of halogens is 1. The van der Waals surface area contributed by atoms with E-state index in [0.29, 0.717) is 5.92 Å². The molecule has 5 N–H and O–H groups in total. The number of carbonyl (C=O) groups excluding carboxylic acids is 1. The van der Waals surface area contributed by atoms with Gasteiger partial charge in [0, 0.05) is 0 Å². The van der Waals surface area contributed by atoms with Gasteiger partial charge in [0.2, 0.25) is 5.91 Å². The monoisotopic (exact) mass is 506 g/mol. The SMILES string of the molecule is CSC1O[C@H]([C@H](NC(=O)[C@@H]2CC[C@H](CCC3CCCCC3)CCN2)[C@H](C)Cl)C(O)C(O)[C@H]1O. The first-order valence-corrected chi connectivity index (χ1v) is 14.4. The van der Waals surface area contributed by atoms with Gasteiger partial charge < -0.3 is 30.7 Å². The minimum absolute atomic E-state index is 0.155. The fourth-order valence-corrected chi connectivity index (χ4v) is 6.54. The summed E-state index contributed by atoms with van der Waals surface area (Å²) >= 11 is 7.64. The summed E-state index contributed by atoms with van der Waals surface area (Å²) in [5.41, 5.74) is -0.704. The molecule has 192 valence electrons. The molecule has 0 spiro atoms. The summed E-state index contributed by atoms with van der Waals surface area (Å²) in [4.78, 5) is 13.1. The van der Waals surface area contributed by atoms with Crippen LogP contribution in [0.5, 0.6) is 0 Å². The molecule has 33 heavy (non-hydrogen) atoms. The van der Waals surface area contributed by atoms with Crippen LogP contribution in [0.1, 0.15) is 71.1 Å². The first-order valence-electron chi connectivity index (χ1n) is 12.7. The largest absolute Gasteiger partial charge is 0.388 e. The third-order valence-corrected chi connectivity index (χ3v) is 8.95. The lowest BCUT2D eigenvalue weighted by atomic mass is 9.83. The van der Waals surface area contributed by atoms with Crippen LogP contribution in [0.2, 0.25) is 0 Å². The lowest BCUT2D eigenvalue weighted by Crippen LogP contribution is -2.65. The molecule has 1 aliphatic carbocycles. The zero-order chi connectivity index (χ0) is 24.0. The van der Waals surface area contributed by atoms with Gasteiger partial charge in [-0.05, 0) is 50.8 Å². The Labute approximate surface area is 207 Å². The molecule has 2 aliphatic heterocycles. The number of alkyl halides is 1. The van der Waals surface area contributed by atoms with Gasteiger partial charge >= 0.3 is 0 Å². The predicted octanol–water partition coefficient (Wildman–Crippen LogP) is 2.39. The number of carbonyl (C=O) groups is 1. The molecule has 3 aliphatic rings. The normalized spacial score (nSPS) is 38.3. The molecule has 1 amide bonds. The van der Waals surface area contributed by atoms with E-state index in [1.165, 1.54) is 56.7 Å². The van der Waals surface area contributed by atoms with Crippen LogP contribution < -0.4 is 10.6 Å². The molecular formula is C24H43ClN2O5S. The zero-order valence-electron chi connectivity index (χ0n) is 20.0. The number of hydrogen-bond donors (Lipinski definition) is 5. The molecule has 2 heterocycles. The van der Waals surface area contributed by atoms with E-state index in [1.807, 2.05) is 0 Å². The average Bonchev–Trinajstić information content (AvgIpc) is 3.06. The highest BCUT2D eigenvalue weighted by Crippen LogP contribution is 2.32. The highest BCUT2D eigenvalue weighted by molar-refractivity contribution is 7.99. The Hall–Kier alpha value is -0.0900. The van der Waals surface area contributed by atoms with Crippen molar-refractivity contribution < 1.29 is 24.9 Å². The van der Waals surface area contributed by atoms with Crippen molar-refractivity contribution in [2.45, 2.75) is 118 Å². The Morgan fingerprint density at radius 1 is 1.03 bits per heavy atom. The van der Waals surface area contributed by atoms with Gasteiger partial charge in [0.25, 0.3) is 0 Å². The number of amides is 1.